The van der Waals surface area contributed by atoms with Gasteiger partial charge in [0.05, 0.1) is 19.3 Å². The van der Waals surface area contributed by atoms with Crippen LogP contribution in [-0.2, 0) is 22.6 Å². The Bertz CT molecular complexity index is 781. The number of rotatable bonds is 6. The molecule has 0 spiro atoms. The van der Waals surface area contributed by atoms with Crippen molar-refractivity contribution in [3.8, 4) is 5.75 Å². The van der Waals surface area contributed by atoms with Gasteiger partial charge in [0.1, 0.15) is 5.75 Å². The van der Waals surface area contributed by atoms with Crippen molar-refractivity contribution in [2.45, 2.75) is 32.5 Å². The van der Waals surface area contributed by atoms with Gasteiger partial charge in [0.25, 0.3) is 5.91 Å². The fourth-order valence-corrected chi connectivity index (χ4v) is 4.14. The van der Waals surface area contributed by atoms with Crippen molar-refractivity contribution < 1.29 is 14.3 Å². The Kier molecular flexibility index (Phi) is 5.98. The maximum Gasteiger partial charge on any atom is 0.260 e. The number of benzene rings is 1. The molecule has 6 nitrogen and oxygen atoms in total. The first-order valence-corrected chi connectivity index (χ1v) is 10.2. The monoisotopic (exact) mass is 383 g/mol. The van der Waals surface area contributed by atoms with Crippen LogP contribution in [-0.4, -0.2) is 59.7 Å². The average Bonchev–Trinajstić information content (AvgIpc) is 3.22. The van der Waals surface area contributed by atoms with Crippen LogP contribution in [0.15, 0.2) is 42.6 Å². The molecule has 2 aliphatic rings. The van der Waals surface area contributed by atoms with Crippen LogP contribution in [0.4, 0.5) is 0 Å². The second-order valence-corrected chi connectivity index (χ2v) is 7.45. The summed E-state index contributed by atoms with van der Waals surface area (Å²) < 4.78 is 13.3. The second-order valence-electron chi connectivity index (χ2n) is 7.45. The molecule has 0 bridgehead atoms. The van der Waals surface area contributed by atoms with Crippen LogP contribution in [0.5, 0.6) is 5.75 Å². The van der Waals surface area contributed by atoms with Crippen molar-refractivity contribution in [1.82, 2.24) is 14.4 Å². The van der Waals surface area contributed by atoms with E-state index in [4.69, 9.17) is 9.47 Å². The van der Waals surface area contributed by atoms with Gasteiger partial charge in [0.2, 0.25) is 0 Å². The number of nitrogens with zero attached hydrogens (tertiary/aromatic N) is 3. The molecule has 0 saturated carbocycles. The fraction of sp³-hybridized carbons (Fsp3) is 0.500. The van der Waals surface area contributed by atoms with Crippen LogP contribution in [0.3, 0.4) is 0 Å². The number of hydrogen-bond acceptors (Lipinski definition) is 4. The van der Waals surface area contributed by atoms with E-state index in [1.54, 1.807) is 4.90 Å². The predicted molar refractivity (Wildman–Crippen MR) is 107 cm³/mol. The van der Waals surface area contributed by atoms with E-state index < -0.39 is 0 Å². The van der Waals surface area contributed by atoms with Crippen LogP contribution >= 0.6 is 0 Å². The van der Waals surface area contributed by atoms with E-state index in [1.807, 2.05) is 12.1 Å². The van der Waals surface area contributed by atoms with Crippen LogP contribution in [0, 0.1) is 0 Å². The predicted octanol–water partition coefficient (Wildman–Crippen LogP) is 2.69. The quantitative estimate of drug-likeness (QED) is 0.770. The van der Waals surface area contributed by atoms with Crippen molar-refractivity contribution in [1.29, 1.82) is 0 Å². The number of carbonyl (C=O) groups is 1. The van der Waals surface area contributed by atoms with Crippen LogP contribution in [0.25, 0.3) is 0 Å². The lowest BCUT2D eigenvalue weighted by atomic mass is 10.1. The van der Waals surface area contributed by atoms with E-state index in [-0.39, 0.29) is 12.5 Å². The van der Waals surface area contributed by atoms with Gasteiger partial charge in [-0.1, -0.05) is 19.1 Å². The topological polar surface area (TPSA) is 46.9 Å². The van der Waals surface area contributed by atoms with Gasteiger partial charge >= 0.3 is 0 Å². The molecule has 1 fully saturated rings. The highest BCUT2D eigenvalue weighted by molar-refractivity contribution is 5.77. The van der Waals surface area contributed by atoms with Gasteiger partial charge < -0.3 is 18.9 Å². The Morgan fingerprint density at radius 3 is 2.64 bits per heavy atom. The molecule has 0 aliphatic carbocycles. The molecule has 1 saturated heterocycles. The van der Waals surface area contributed by atoms with Crippen molar-refractivity contribution in [2.24, 2.45) is 0 Å². The van der Waals surface area contributed by atoms with E-state index in [0.29, 0.717) is 32.3 Å². The normalized spacial score (nSPS) is 20.0. The summed E-state index contributed by atoms with van der Waals surface area (Å²) in [7, 11) is 0. The molecule has 3 heterocycles. The summed E-state index contributed by atoms with van der Waals surface area (Å²) >= 11 is 0. The van der Waals surface area contributed by atoms with Gasteiger partial charge in [-0.3, -0.25) is 9.69 Å². The molecule has 1 aromatic heterocycles. The second kappa shape index (κ2) is 8.80. The lowest BCUT2D eigenvalue weighted by Crippen LogP contribution is -2.42. The van der Waals surface area contributed by atoms with Gasteiger partial charge in [-0.2, -0.15) is 0 Å². The molecule has 2 aliphatic heterocycles. The van der Waals surface area contributed by atoms with Crippen molar-refractivity contribution in [3.63, 3.8) is 0 Å². The van der Waals surface area contributed by atoms with Crippen LogP contribution < -0.4 is 4.74 Å². The maximum absolute atomic E-state index is 12.2. The molecule has 0 unspecified atom stereocenters. The van der Waals surface area contributed by atoms with E-state index in [0.717, 1.165) is 31.8 Å². The molecule has 0 radical (unpaired) electrons. The Morgan fingerprint density at radius 2 is 1.89 bits per heavy atom. The fourth-order valence-electron chi connectivity index (χ4n) is 4.14. The molecule has 4 rings (SSSR count). The Hall–Kier alpha value is -2.31. The summed E-state index contributed by atoms with van der Waals surface area (Å²) in [6.45, 7) is 7.90. The molecule has 0 N–H and O–H groups in total. The highest BCUT2D eigenvalue weighted by Crippen LogP contribution is 2.30. The third-order valence-corrected chi connectivity index (χ3v) is 5.70. The smallest absolute Gasteiger partial charge is 0.260 e. The highest BCUT2D eigenvalue weighted by atomic mass is 16.5. The number of ether oxygens (including phenoxy) is 2. The van der Waals surface area contributed by atoms with E-state index in [9.17, 15) is 4.79 Å². The van der Waals surface area contributed by atoms with Crippen molar-refractivity contribution in [2.75, 3.05) is 39.5 Å². The number of morpholine rings is 1. The van der Waals surface area contributed by atoms with Crippen molar-refractivity contribution in [3.05, 3.63) is 53.9 Å². The first-order valence-electron chi connectivity index (χ1n) is 10.2. The van der Waals surface area contributed by atoms with E-state index in [1.165, 1.54) is 11.3 Å². The summed E-state index contributed by atoms with van der Waals surface area (Å²) in [5, 5.41) is 0. The van der Waals surface area contributed by atoms with E-state index >= 15 is 0 Å². The highest BCUT2D eigenvalue weighted by Gasteiger charge is 2.25. The lowest BCUT2D eigenvalue weighted by Gasteiger charge is -2.36. The SMILES string of the molecule is CC[C@H]1c2cccn2CCN1Cc1ccc(OCC(=O)N2CCOCC2)cc1. The number of carbonyl (C=O) groups excluding carboxylic acids is 1. The van der Waals surface area contributed by atoms with Crippen molar-refractivity contribution >= 4 is 5.91 Å². The summed E-state index contributed by atoms with van der Waals surface area (Å²) in [5.74, 6) is 0.763. The van der Waals surface area contributed by atoms with Gasteiger partial charge in [-0.25, -0.2) is 0 Å². The summed E-state index contributed by atoms with van der Waals surface area (Å²) in [6, 6.07) is 13.0. The number of aromatic nitrogens is 1. The number of amides is 1. The largest absolute Gasteiger partial charge is 0.484 e. The zero-order valence-electron chi connectivity index (χ0n) is 16.5. The standard InChI is InChI=1S/C22H29N3O3/c1-2-20-21-4-3-9-23(21)10-11-25(20)16-18-5-7-19(8-6-18)28-17-22(26)24-12-14-27-15-13-24/h3-9,20H,2,10-17H2,1H3/t20-/m0/s1. The average molecular weight is 383 g/mol. The third kappa shape index (κ3) is 4.23. The Morgan fingerprint density at radius 1 is 1.11 bits per heavy atom. The summed E-state index contributed by atoms with van der Waals surface area (Å²) in [4.78, 5) is 16.5. The molecule has 1 aromatic carbocycles. The van der Waals surface area contributed by atoms with E-state index in [2.05, 4.69) is 46.9 Å². The zero-order valence-corrected chi connectivity index (χ0v) is 16.5. The summed E-state index contributed by atoms with van der Waals surface area (Å²) in [6.07, 6.45) is 3.29. The molecule has 1 atom stereocenters. The molecule has 6 heteroatoms. The Labute approximate surface area is 166 Å². The summed E-state index contributed by atoms with van der Waals surface area (Å²) in [5.41, 5.74) is 2.68. The minimum absolute atomic E-state index is 0.0227. The van der Waals surface area contributed by atoms with Gasteiger partial charge in [-0.05, 0) is 36.2 Å². The third-order valence-electron chi connectivity index (χ3n) is 5.70. The molecule has 150 valence electrons. The lowest BCUT2D eigenvalue weighted by molar-refractivity contribution is -0.137. The molecule has 1 amide bonds. The van der Waals surface area contributed by atoms with Gasteiger partial charge in [-0.15, -0.1) is 0 Å². The maximum atomic E-state index is 12.2. The Balaban J connectivity index is 1.31. The zero-order chi connectivity index (χ0) is 19.3. The molecular formula is C22H29N3O3. The van der Waals surface area contributed by atoms with Gasteiger partial charge in [0.15, 0.2) is 6.61 Å². The first-order chi connectivity index (χ1) is 13.7. The van der Waals surface area contributed by atoms with Gasteiger partial charge in [0, 0.05) is 44.6 Å². The number of hydrogen-bond donors (Lipinski definition) is 0. The van der Waals surface area contributed by atoms with Crippen LogP contribution in [0.1, 0.15) is 30.6 Å². The molecule has 2 aromatic rings. The number of fused-ring (bicyclic) bond motifs is 1. The first kappa shape index (κ1) is 19.0. The van der Waals surface area contributed by atoms with Crippen LogP contribution in [0.2, 0.25) is 0 Å². The minimum Gasteiger partial charge on any atom is -0.484 e. The minimum atomic E-state index is 0.0227. The molecule has 28 heavy (non-hydrogen) atoms. The molecular weight excluding hydrogens is 354 g/mol.